The van der Waals surface area contributed by atoms with Crippen molar-refractivity contribution in [2.45, 2.75) is 38.3 Å². The number of methoxy groups -OCH3 is 1. The van der Waals surface area contributed by atoms with Crippen LogP contribution in [0.2, 0.25) is 0 Å². The van der Waals surface area contributed by atoms with Crippen molar-refractivity contribution >= 4 is 21.8 Å². The number of carbonyl (C=O) groups is 1. The molecule has 1 atom stereocenters. The smallest absolute Gasteiger partial charge is 0.242 e. The Hall–Kier alpha value is -1.07. The minimum atomic E-state index is -0.438. The second-order valence-electron chi connectivity index (χ2n) is 5.83. The number of amides is 1. The molecule has 1 heterocycles. The van der Waals surface area contributed by atoms with Gasteiger partial charge >= 0.3 is 0 Å². The van der Waals surface area contributed by atoms with Gasteiger partial charge in [0.15, 0.2) is 0 Å². The number of ether oxygens (including phenoxy) is 1. The van der Waals surface area contributed by atoms with Crippen molar-refractivity contribution in [1.82, 2.24) is 10.2 Å². The Labute approximate surface area is 135 Å². The number of likely N-dealkylation sites (N-methyl/N-ethyl adjacent to an activating group) is 1. The van der Waals surface area contributed by atoms with Crippen molar-refractivity contribution in [3.8, 4) is 5.75 Å². The van der Waals surface area contributed by atoms with Crippen LogP contribution in [0.4, 0.5) is 0 Å². The fourth-order valence-corrected chi connectivity index (χ4v) is 3.27. The molecule has 1 aromatic rings. The Kier molecular flexibility index (Phi) is 5.27. The number of nitrogens with zero attached hydrogens (tertiary/aromatic N) is 1. The Morgan fingerprint density at radius 1 is 1.48 bits per heavy atom. The predicted octanol–water partition coefficient (Wildman–Crippen LogP) is 2.95. The number of hydrogen-bond donors (Lipinski definition) is 1. The summed E-state index contributed by atoms with van der Waals surface area (Å²) in [6.07, 6.45) is 3.14. The molecule has 1 aliphatic heterocycles. The molecule has 0 aromatic heterocycles. The molecule has 1 unspecified atom stereocenters. The molecule has 1 N–H and O–H groups in total. The quantitative estimate of drug-likeness (QED) is 0.903. The summed E-state index contributed by atoms with van der Waals surface area (Å²) in [7, 11) is 3.50. The second kappa shape index (κ2) is 6.79. The van der Waals surface area contributed by atoms with Crippen LogP contribution in [-0.2, 0) is 11.3 Å². The summed E-state index contributed by atoms with van der Waals surface area (Å²) in [6, 6.07) is 5.85. The van der Waals surface area contributed by atoms with Crippen LogP contribution in [-0.4, -0.2) is 37.0 Å². The number of rotatable bonds is 4. The van der Waals surface area contributed by atoms with Crippen molar-refractivity contribution in [3.63, 3.8) is 0 Å². The molecule has 21 heavy (non-hydrogen) atoms. The normalized spacial score (nSPS) is 21.9. The molecule has 1 aromatic carbocycles. The fraction of sp³-hybridized carbons (Fsp3) is 0.562. The first-order valence-electron chi connectivity index (χ1n) is 7.29. The number of hydrogen-bond acceptors (Lipinski definition) is 3. The fourth-order valence-electron chi connectivity index (χ4n) is 2.86. The second-order valence-corrected chi connectivity index (χ2v) is 6.75. The average Bonchev–Trinajstić information content (AvgIpc) is 2.47. The van der Waals surface area contributed by atoms with Gasteiger partial charge in [0.2, 0.25) is 5.91 Å². The SMILES string of the molecule is COc1ccc(Br)cc1CN(C)C(=O)C1(C)CCCCN1. The van der Waals surface area contributed by atoms with Gasteiger partial charge in [0.25, 0.3) is 0 Å². The molecular formula is C16H23BrN2O2. The lowest BCUT2D eigenvalue weighted by Gasteiger charge is -2.36. The first-order chi connectivity index (χ1) is 9.96. The average molecular weight is 355 g/mol. The monoisotopic (exact) mass is 354 g/mol. The molecule has 2 rings (SSSR count). The summed E-state index contributed by atoms with van der Waals surface area (Å²) >= 11 is 3.47. The van der Waals surface area contributed by atoms with E-state index in [-0.39, 0.29) is 5.91 Å². The van der Waals surface area contributed by atoms with E-state index >= 15 is 0 Å². The summed E-state index contributed by atoms with van der Waals surface area (Å²) in [5, 5.41) is 3.37. The van der Waals surface area contributed by atoms with Crippen molar-refractivity contribution in [2.75, 3.05) is 20.7 Å². The van der Waals surface area contributed by atoms with E-state index in [2.05, 4.69) is 21.2 Å². The van der Waals surface area contributed by atoms with Crippen molar-refractivity contribution in [3.05, 3.63) is 28.2 Å². The standard InChI is InChI=1S/C16H23BrN2O2/c1-16(8-4-5-9-18-16)15(20)19(2)11-12-10-13(17)6-7-14(12)21-3/h6-7,10,18H,4-5,8-9,11H2,1-3H3. The maximum atomic E-state index is 12.7. The van der Waals surface area contributed by atoms with Gasteiger partial charge in [-0.3, -0.25) is 4.79 Å². The van der Waals surface area contributed by atoms with Crippen LogP contribution in [0.25, 0.3) is 0 Å². The minimum absolute atomic E-state index is 0.143. The van der Waals surface area contributed by atoms with Gasteiger partial charge in [-0.15, -0.1) is 0 Å². The molecule has 1 amide bonds. The number of benzene rings is 1. The summed E-state index contributed by atoms with van der Waals surface area (Å²) in [4.78, 5) is 14.5. The van der Waals surface area contributed by atoms with Crippen LogP contribution < -0.4 is 10.1 Å². The van der Waals surface area contributed by atoms with Crippen molar-refractivity contribution in [1.29, 1.82) is 0 Å². The predicted molar refractivity (Wildman–Crippen MR) is 87.4 cm³/mol. The van der Waals surface area contributed by atoms with Gasteiger partial charge in [-0.05, 0) is 50.9 Å². The van der Waals surface area contributed by atoms with Crippen molar-refractivity contribution in [2.24, 2.45) is 0 Å². The highest BCUT2D eigenvalue weighted by Gasteiger charge is 2.36. The van der Waals surface area contributed by atoms with Gasteiger partial charge in [0.1, 0.15) is 5.75 Å². The molecular weight excluding hydrogens is 332 g/mol. The van der Waals surface area contributed by atoms with Gasteiger partial charge in [0, 0.05) is 23.6 Å². The lowest BCUT2D eigenvalue weighted by Crippen LogP contribution is -2.57. The zero-order valence-electron chi connectivity index (χ0n) is 12.9. The van der Waals surface area contributed by atoms with Crippen LogP contribution in [0.1, 0.15) is 31.7 Å². The maximum Gasteiger partial charge on any atom is 0.242 e. The summed E-state index contributed by atoms with van der Waals surface area (Å²) in [6.45, 7) is 3.46. The van der Waals surface area contributed by atoms with Crippen LogP contribution in [0.5, 0.6) is 5.75 Å². The topological polar surface area (TPSA) is 41.6 Å². The van der Waals surface area contributed by atoms with E-state index < -0.39 is 5.54 Å². The van der Waals surface area contributed by atoms with E-state index in [1.54, 1.807) is 12.0 Å². The Balaban J connectivity index is 2.12. The van der Waals surface area contributed by atoms with Crippen LogP contribution in [0, 0.1) is 0 Å². The summed E-state index contributed by atoms with van der Waals surface area (Å²) in [5.41, 5.74) is 0.564. The molecule has 0 bridgehead atoms. The number of halogens is 1. The van der Waals surface area contributed by atoms with Crippen LogP contribution >= 0.6 is 15.9 Å². The highest BCUT2D eigenvalue weighted by molar-refractivity contribution is 9.10. The number of nitrogens with one attached hydrogen (secondary N) is 1. The van der Waals surface area contributed by atoms with E-state index in [9.17, 15) is 4.79 Å². The molecule has 0 spiro atoms. The molecule has 5 heteroatoms. The zero-order chi connectivity index (χ0) is 15.5. The van der Waals surface area contributed by atoms with Gasteiger partial charge in [-0.1, -0.05) is 15.9 Å². The number of carbonyl (C=O) groups excluding carboxylic acids is 1. The third kappa shape index (κ3) is 3.77. The Morgan fingerprint density at radius 3 is 2.86 bits per heavy atom. The van der Waals surface area contributed by atoms with E-state index in [1.807, 2.05) is 32.2 Å². The van der Waals surface area contributed by atoms with Crippen LogP contribution in [0.3, 0.4) is 0 Å². The van der Waals surface area contributed by atoms with E-state index in [0.29, 0.717) is 6.54 Å². The molecule has 0 aliphatic carbocycles. The first kappa shape index (κ1) is 16.3. The zero-order valence-corrected chi connectivity index (χ0v) is 14.5. The Bertz CT molecular complexity index is 513. The Morgan fingerprint density at radius 2 is 2.24 bits per heavy atom. The lowest BCUT2D eigenvalue weighted by atomic mass is 9.89. The van der Waals surface area contributed by atoms with Crippen molar-refractivity contribution < 1.29 is 9.53 Å². The van der Waals surface area contributed by atoms with Gasteiger partial charge in [-0.25, -0.2) is 0 Å². The third-order valence-electron chi connectivity index (χ3n) is 4.09. The molecule has 0 saturated carbocycles. The highest BCUT2D eigenvalue weighted by Crippen LogP contribution is 2.26. The minimum Gasteiger partial charge on any atom is -0.496 e. The third-order valence-corrected chi connectivity index (χ3v) is 4.58. The maximum absolute atomic E-state index is 12.7. The lowest BCUT2D eigenvalue weighted by molar-refractivity contribution is -0.137. The summed E-state index contributed by atoms with van der Waals surface area (Å²) in [5.74, 6) is 0.948. The molecule has 1 aliphatic rings. The van der Waals surface area contributed by atoms with Gasteiger partial charge in [0.05, 0.1) is 12.6 Å². The highest BCUT2D eigenvalue weighted by atomic mass is 79.9. The largest absolute Gasteiger partial charge is 0.496 e. The molecule has 1 fully saturated rings. The molecule has 116 valence electrons. The molecule has 1 saturated heterocycles. The van der Waals surface area contributed by atoms with Gasteiger partial charge in [-0.2, -0.15) is 0 Å². The number of piperidine rings is 1. The van der Waals surface area contributed by atoms with E-state index in [1.165, 1.54) is 0 Å². The van der Waals surface area contributed by atoms with Crippen LogP contribution in [0.15, 0.2) is 22.7 Å². The molecule has 4 nitrogen and oxygen atoms in total. The van der Waals surface area contributed by atoms with E-state index in [0.717, 1.165) is 41.6 Å². The summed E-state index contributed by atoms with van der Waals surface area (Å²) < 4.78 is 6.36. The van der Waals surface area contributed by atoms with Gasteiger partial charge < -0.3 is 15.0 Å². The van der Waals surface area contributed by atoms with E-state index in [4.69, 9.17) is 4.74 Å². The molecule has 0 radical (unpaired) electrons. The first-order valence-corrected chi connectivity index (χ1v) is 8.08.